The number of nitrogen functional groups attached to an aromatic ring is 1. The predicted molar refractivity (Wildman–Crippen MR) is 89.6 cm³/mol. The number of anilines is 1. The minimum atomic E-state index is -0.553. The summed E-state index contributed by atoms with van der Waals surface area (Å²) in [6.07, 6.45) is 2.69. The fraction of sp³-hybridized carbons (Fsp3) is 0.118. The molecule has 7 nitrogen and oxygen atoms in total. The third kappa shape index (κ3) is 3.05. The Morgan fingerprint density at radius 2 is 2.08 bits per heavy atom. The lowest BCUT2D eigenvalue weighted by Crippen LogP contribution is -2.23. The van der Waals surface area contributed by atoms with Gasteiger partial charge in [0.25, 0.3) is 5.91 Å². The van der Waals surface area contributed by atoms with E-state index in [1.54, 1.807) is 29.0 Å². The third-order valence-electron chi connectivity index (χ3n) is 3.60. The number of hydrogen-bond acceptors (Lipinski definition) is 5. The fourth-order valence-corrected chi connectivity index (χ4v) is 2.42. The molecule has 1 aromatic carbocycles. The molecule has 0 atom stereocenters. The molecule has 122 valence electrons. The molecule has 1 amide bonds. The first kappa shape index (κ1) is 15.5. The number of nitrogens with one attached hydrogen (secondary N) is 1. The van der Waals surface area contributed by atoms with Gasteiger partial charge >= 0.3 is 6.09 Å². The summed E-state index contributed by atoms with van der Waals surface area (Å²) < 4.78 is 6.06. The Balaban J connectivity index is 1.87. The lowest BCUT2D eigenvalue weighted by Gasteiger charge is -2.07. The number of alkyl carbamates (subject to hydrolysis) is 1. The number of pyridine rings is 1. The molecule has 3 aromatic rings. The molecule has 7 heteroatoms. The van der Waals surface area contributed by atoms with Crippen LogP contribution in [-0.4, -0.2) is 28.7 Å². The Hall–Kier alpha value is -3.35. The maximum Gasteiger partial charge on any atom is 0.407 e. The summed E-state index contributed by atoms with van der Waals surface area (Å²) >= 11 is 0. The molecular weight excluding hydrogens is 308 g/mol. The Bertz CT molecular complexity index is 917. The molecule has 3 rings (SSSR count). The highest BCUT2D eigenvalue weighted by Crippen LogP contribution is 2.20. The molecule has 0 spiro atoms. The summed E-state index contributed by atoms with van der Waals surface area (Å²) in [4.78, 5) is 28.0. The van der Waals surface area contributed by atoms with Crippen molar-refractivity contribution in [3.63, 3.8) is 0 Å². The predicted octanol–water partition coefficient (Wildman–Crippen LogP) is 2.16. The van der Waals surface area contributed by atoms with Gasteiger partial charge in [0.1, 0.15) is 0 Å². The third-order valence-corrected chi connectivity index (χ3v) is 3.60. The molecule has 0 aliphatic rings. The number of ether oxygens (including phenoxy) is 1. The second-order valence-corrected chi connectivity index (χ2v) is 5.19. The number of benzene rings is 1. The van der Waals surface area contributed by atoms with Crippen molar-refractivity contribution in [2.45, 2.75) is 6.54 Å². The summed E-state index contributed by atoms with van der Waals surface area (Å²) in [6.45, 7) is 0.177. The lowest BCUT2D eigenvalue weighted by atomic mass is 10.2. The largest absolute Gasteiger partial charge is 0.453 e. The Morgan fingerprint density at radius 1 is 1.25 bits per heavy atom. The highest BCUT2D eigenvalue weighted by atomic mass is 16.5. The van der Waals surface area contributed by atoms with Crippen molar-refractivity contribution in [2.24, 2.45) is 0 Å². The van der Waals surface area contributed by atoms with Crippen LogP contribution in [0.3, 0.4) is 0 Å². The molecule has 2 aromatic heterocycles. The molecule has 3 N–H and O–H groups in total. The van der Waals surface area contributed by atoms with Crippen LogP contribution >= 0.6 is 0 Å². The van der Waals surface area contributed by atoms with Crippen molar-refractivity contribution in [1.82, 2.24) is 14.9 Å². The quantitative estimate of drug-likeness (QED) is 0.719. The van der Waals surface area contributed by atoms with E-state index < -0.39 is 6.09 Å². The second-order valence-electron chi connectivity index (χ2n) is 5.19. The Kier molecular flexibility index (Phi) is 4.15. The number of nitrogens with two attached hydrogens (primary N) is 1. The maximum absolute atomic E-state index is 12.7. The van der Waals surface area contributed by atoms with Crippen molar-refractivity contribution in [3.05, 3.63) is 60.0 Å². The van der Waals surface area contributed by atoms with E-state index in [0.717, 1.165) is 10.9 Å². The number of amides is 1. The van der Waals surface area contributed by atoms with E-state index in [9.17, 15) is 9.59 Å². The molecular formula is C17H16N4O3. The molecule has 0 saturated heterocycles. The van der Waals surface area contributed by atoms with E-state index >= 15 is 0 Å². The van der Waals surface area contributed by atoms with E-state index in [2.05, 4.69) is 15.0 Å². The standard InChI is InChI=1S/C17H16N4O3/c1-24-17(23)20-10-14-9-12(4-6-19-14)16(22)21-7-5-11-8-13(18)2-3-15(11)21/h2-9H,10,18H2,1H3,(H,20,23). The lowest BCUT2D eigenvalue weighted by molar-refractivity contribution is 0.0964. The van der Waals surface area contributed by atoms with Gasteiger partial charge in [-0.2, -0.15) is 0 Å². The van der Waals surface area contributed by atoms with Crippen molar-refractivity contribution in [3.8, 4) is 0 Å². The van der Waals surface area contributed by atoms with Crippen LogP contribution in [0.5, 0.6) is 0 Å². The summed E-state index contributed by atoms with van der Waals surface area (Å²) in [5.74, 6) is -0.184. The van der Waals surface area contributed by atoms with Crippen LogP contribution in [0.1, 0.15) is 16.1 Å². The first-order valence-electron chi connectivity index (χ1n) is 7.26. The molecule has 0 fully saturated rings. The number of nitrogens with zero attached hydrogens (tertiary/aromatic N) is 2. The van der Waals surface area contributed by atoms with Crippen molar-refractivity contribution in [2.75, 3.05) is 12.8 Å². The number of rotatable bonds is 3. The van der Waals surface area contributed by atoms with E-state index in [1.807, 2.05) is 18.2 Å². The van der Waals surface area contributed by atoms with Crippen LogP contribution < -0.4 is 11.1 Å². The average molecular weight is 324 g/mol. The first-order chi connectivity index (χ1) is 11.6. The van der Waals surface area contributed by atoms with Gasteiger partial charge in [-0.05, 0) is 36.4 Å². The summed E-state index contributed by atoms with van der Waals surface area (Å²) in [5, 5.41) is 3.42. The average Bonchev–Trinajstić information content (AvgIpc) is 3.02. The summed E-state index contributed by atoms with van der Waals surface area (Å²) in [5.41, 5.74) is 8.22. The minimum Gasteiger partial charge on any atom is -0.453 e. The van der Waals surface area contributed by atoms with Gasteiger partial charge in [0.15, 0.2) is 0 Å². The molecule has 0 aliphatic carbocycles. The van der Waals surface area contributed by atoms with Crippen molar-refractivity contribution in [1.29, 1.82) is 0 Å². The van der Waals surface area contributed by atoms with E-state index in [-0.39, 0.29) is 12.5 Å². The van der Waals surface area contributed by atoms with Gasteiger partial charge in [-0.25, -0.2) is 4.79 Å². The highest BCUT2D eigenvalue weighted by molar-refractivity contribution is 6.02. The minimum absolute atomic E-state index is 0.177. The van der Waals surface area contributed by atoms with Gasteiger partial charge in [-0.15, -0.1) is 0 Å². The maximum atomic E-state index is 12.7. The smallest absolute Gasteiger partial charge is 0.407 e. The van der Waals surface area contributed by atoms with Crippen LogP contribution in [0.25, 0.3) is 10.9 Å². The van der Waals surface area contributed by atoms with E-state index in [1.165, 1.54) is 13.3 Å². The van der Waals surface area contributed by atoms with Gasteiger partial charge in [-0.1, -0.05) is 0 Å². The molecule has 2 heterocycles. The topological polar surface area (TPSA) is 99.2 Å². The van der Waals surface area contributed by atoms with E-state index in [4.69, 9.17) is 5.73 Å². The Labute approximate surface area is 138 Å². The molecule has 0 bridgehead atoms. The van der Waals surface area contributed by atoms with Crippen molar-refractivity contribution >= 4 is 28.6 Å². The summed E-state index contributed by atoms with van der Waals surface area (Å²) in [6, 6.07) is 10.5. The molecule has 0 unspecified atom stereocenters. The fourth-order valence-electron chi connectivity index (χ4n) is 2.42. The molecule has 0 aliphatic heterocycles. The second kappa shape index (κ2) is 6.41. The number of methoxy groups -OCH3 is 1. The van der Waals surface area contributed by atoms with Crippen LogP contribution in [0.4, 0.5) is 10.5 Å². The van der Waals surface area contributed by atoms with Gasteiger partial charge in [-0.3, -0.25) is 14.3 Å². The van der Waals surface area contributed by atoms with Crippen LogP contribution in [0, 0.1) is 0 Å². The van der Waals surface area contributed by atoms with Gasteiger partial charge < -0.3 is 15.8 Å². The summed E-state index contributed by atoms with van der Waals surface area (Å²) in [7, 11) is 1.28. The monoisotopic (exact) mass is 324 g/mol. The number of aromatic nitrogens is 2. The zero-order valence-electron chi connectivity index (χ0n) is 13.0. The number of carbonyl (C=O) groups is 2. The number of hydrogen-bond donors (Lipinski definition) is 2. The van der Waals surface area contributed by atoms with Gasteiger partial charge in [0.05, 0.1) is 24.9 Å². The van der Waals surface area contributed by atoms with Crippen LogP contribution in [0.2, 0.25) is 0 Å². The SMILES string of the molecule is COC(=O)NCc1cc(C(=O)n2ccc3cc(N)ccc32)ccn1. The van der Waals surface area contributed by atoms with E-state index in [0.29, 0.717) is 16.9 Å². The van der Waals surface area contributed by atoms with Crippen LogP contribution in [-0.2, 0) is 11.3 Å². The highest BCUT2D eigenvalue weighted by Gasteiger charge is 2.13. The van der Waals surface area contributed by atoms with Gasteiger partial charge in [0.2, 0.25) is 0 Å². The normalized spacial score (nSPS) is 10.5. The van der Waals surface area contributed by atoms with Crippen molar-refractivity contribution < 1.29 is 14.3 Å². The van der Waals surface area contributed by atoms with Crippen LogP contribution in [0.15, 0.2) is 48.8 Å². The zero-order chi connectivity index (χ0) is 17.1. The Morgan fingerprint density at radius 3 is 2.88 bits per heavy atom. The number of fused-ring (bicyclic) bond motifs is 1. The molecule has 24 heavy (non-hydrogen) atoms. The molecule has 0 radical (unpaired) electrons. The molecule has 0 saturated carbocycles. The first-order valence-corrected chi connectivity index (χ1v) is 7.26. The zero-order valence-corrected chi connectivity index (χ0v) is 13.0. The van der Waals surface area contributed by atoms with Gasteiger partial charge in [0, 0.05) is 29.0 Å². The number of carbonyl (C=O) groups excluding carboxylic acids is 2.